The summed E-state index contributed by atoms with van der Waals surface area (Å²) in [6, 6.07) is 56.4. The van der Waals surface area contributed by atoms with Gasteiger partial charge in [-0.3, -0.25) is 33.8 Å². The van der Waals surface area contributed by atoms with Crippen molar-refractivity contribution < 1.29 is 99.8 Å². The molecule has 5 aliphatic rings. The standard InChI is InChI=1S/C75H75ClN2O21/c1-46(79)90-68-65(97-72-61-67(99-75(84)77(61)38-48-21-9-4-10-22-48)64(96-60(81)37-76)58(93-72)44-87-40-50-25-13-6-14-26-50)59(45-88-41-51-27-15-7-16-28-51)95-74(69(68)91-47(2)80)98-63-57(43-86-39-49-23-11-5-12-24-49)94-73(92-54-35-33-53(85-3)34-36-54)62(66(63)89-42-52-29-17-8-18-30-52)78-70(82)55-31-19-20-32-56(55)71(78)83/h4-36,57-59,61-69,72-74H,37-45H2,1-3H3/t57-,58-,59-,61-,62-,63-,64-,65+,66-,67-,68+,69-,72-,73-,74+/m1/s1. The highest BCUT2D eigenvalue weighted by molar-refractivity contribution is 6.26. The van der Waals surface area contributed by atoms with Crippen LogP contribution in [0.5, 0.6) is 11.5 Å². The second-order valence-electron chi connectivity index (χ2n) is 24.1. The monoisotopic (exact) mass is 1370 g/mol. The van der Waals surface area contributed by atoms with Crippen LogP contribution in [0, 0.1) is 0 Å². The average Bonchev–Trinajstić information content (AvgIpc) is 1.64. The van der Waals surface area contributed by atoms with E-state index in [1.54, 1.807) is 60.7 Å². The third-order valence-electron chi connectivity index (χ3n) is 17.3. The van der Waals surface area contributed by atoms with Gasteiger partial charge in [-0.15, -0.1) is 11.6 Å². The molecular weight excluding hydrogens is 1300 g/mol. The summed E-state index contributed by atoms with van der Waals surface area (Å²) in [5.41, 5.74) is 3.97. The van der Waals surface area contributed by atoms with E-state index >= 15 is 9.59 Å². The van der Waals surface area contributed by atoms with Crippen molar-refractivity contribution in [2.45, 2.75) is 139 Å². The number of ether oxygens (including phenoxy) is 15. The van der Waals surface area contributed by atoms with Gasteiger partial charge in [-0.2, -0.15) is 0 Å². The lowest BCUT2D eigenvalue weighted by atomic mass is 9.93. The molecule has 0 radical (unpaired) electrons. The molecule has 12 rings (SSSR count). The fourth-order valence-electron chi connectivity index (χ4n) is 12.8. The third-order valence-corrected chi connectivity index (χ3v) is 17.5. The van der Waals surface area contributed by atoms with Gasteiger partial charge in [-0.25, -0.2) is 4.79 Å². The number of fused-ring (bicyclic) bond motifs is 2. The Morgan fingerprint density at radius 3 is 1.36 bits per heavy atom. The van der Waals surface area contributed by atoms with Gasteiger partial charge in [0.1, 0.15) is 66.1 Å². The summed E-state index contributed by atoms with van der Waals surface area (Å²) < 4.78 is 99.3. The van der Waals surface area contributed by atoms with Crippen molar-refractivity contribution in [1.82, 2.24) is 9.80 Å². The molecule has 0 N–H and O–H groups in total. The Labute approximate surface area is 576 Å². The Kier molecular flexibility index (Phi) is 23.4. The highest BCUT2D eigenvalue weighted by Crippen LogP contribution is 2.43. The lowest BCUT2D eigenvalue weighted by molar-refractivity contribution is -0.371. The van der Waals surface area contributed by atoms with Gasteiger partial charge >= 0.3 is 24.0 Å². The zero-order chi connectivity index (χ0) is 68.8. The fourth-order valence-corrected chi connectivity index (χ4v) is 12.9. The number of amides is 3. The van der Waals surface area contributed by atoms with E-state index in [9.17, 15) is 19.2 Å². The van der Waals surface area contributed by atoms with Crippen LogP contribution in [-0.4, -0.2) is 170 Å². The van der Waals surface area contributed by atoms with Crippen LogP contribution < -0.4 is 9.47 Å². The van der Waals surface area contributed by atoms with E-state index in [0.717, 1.165) is 35.4 Å². The van der Waals surface area contributed by atoms with Gasteiger partial charge in [0, 0.05) is 20.4 Å². The predicted molar refractivity (Wildman–Crippen MR) is 351 cm³/mol. The minimum Gasteiger partial charge on any atom is -0.497 e. The fraction of sp³-hybridized carbons (Fsp3) is 0.360. The quantitative estimate of drug-likeness (QED) is 0.0183. The number of rotatable bonds is 29. The molecular formula is C75H75ClN2O21. The zero-order valence-corrected chi connectivity index (χ0v) is 55.2. The van der Waals surface area contributed by atoms with Gasteiger partial charge in [-0.05, 0) is 64.2 Å². The summed E-state index contributed by atoms with van der Waals surface area (Å²) in [6.45, 7) is 1.40. The van der Waals surface area contributed by atoms with Gasteiger partial charge in [-0.1, -0.05) is 164 Å². The number of carbonyl (C=O) groups excluding carboxylic acids is 6. The van der Waals surface area contributed by atoms with Crippen molar-refractivity contribution in [1.29, 1.82) is 0 Å². The molecule has 0 unspecified atom stereocenters. The van der Waals surface area contributed by atoms with Gasteiger partial charge in [0.05, 0.1) is 64.5 Å². The number of imide groups is 1. The first-order valence-electron chi connectivity index (χ1n) is 32.5. The molecule has 15 atom stereocenters. The Balaban J connectivity index is 0.971. The first kappa shape index (κ1) is 69.8. The molecule has 7 aromatic rings. The first-order valence-corrected chi connectivity index (χ1v) is 33.0. The van der Waals surface area contributed by atoms with Crippen molar-refractivity contribution >= 4 is 47.4 Å². The van der Waals surface area contributed by atoms with E-state index in [0.29, 0.717) is 16.9 Å². The number of methoxy groups -OCH3 is 1. The summed E-state index contributed by atoms with van der Waals surface area (Å²) >= 11 is 6.10. The minimum absolute atomic E-state index is 0.0149. The molecule has 0 saturated carbocycles. The molecule has 0 bridgehead atoms. The van der Waals surface area contributed by atoms with Crippen LogP contribution in [0.15, 0.2) is 200 Å². The first-order chi connectivity index (χ1) is 48.3. The topological polar surface area (TPSA) is 247 Å². The number of hydrogen-bond acceptors (Lipinski definition) is 21. The van der Waals surface area contributed by atoms with Crippen molar-refractivity contribution in [3.05, 3.63) is 239 Å². The number of benzene rings is 7. The molecule has 0 spiro atoms. The van der Waals surface area contributed by atoms with Crippen LogP contribution in [0.25, 0.3) is 0 Å². The van der Waals surface area contributed by atoms with E-state index in [2.05, 4.69) is 0 Å². The highest BCUT2D eigenvalue weighted by atomic mass is 35.5. The van der Waals surface area contributed by atoms with Gasteiger partial charge < -0.3 is 71.1 Å². The van der Waals surface area contributed by atoms with Gasteiger partial charge in [0.2, 0.25) is 6.29 Å². The molecule has 24 heteroatoms. The number of nitrogens with zero attached hydrogens (tertiary/aromatic N) is 2. The van der Waals surface area contributed by atoms with Crippen molar-refractivity contribution in [2.75, 3.05) is 32.8 Å². The molecule has 0 aliphatic carbocycles. The Hall–Kier alpha value is -9.11. The largest absolute Gasteiger partial charge is 0.497 e. The zero-order valence-electron chi connectivity index (χ0n) is 54.4. The smallest absolute Gasteiger partial charge is 0.411 e. The number of esters is 3. The SMILES string of the molecule is COc1ccc(O[C@@H]2O[C@H](COCc3ccccc3)[C@@H](O[C@@H]3O[C@H](COCc4ccccc4)[C@H](O[C@H]4O[C@H](COCc5ccccc5)[C@@H](OC(=O)CCl)[C@@H]5OC(=O)N(Cc6ccccc6)[C@@H]45)[C@H](OC(C)=O)[C@H]3OC(C)=O)[C@H](OCc3ccccc3)[C@H]2N2C(=O)c3ccccc3C2=O)cc1. The Bertz CT molecular complexity index is 3790. The maximum atomic E-state index is 15.1. The highest BCUT2D eigenvalue weighted by Gasteiger charge is 2.63. The summed E-state index contributed by atoms with van der Waals surface area (Å²) in [7, 11) is 1.52. The maximum Gasteiger partial charge on any atom is 0.411 e. The molecule has 3 amide bonds. The van der Waals surface area contributed by atoms with E-state index in [1.807, 2.05) is 140 Å². The molecule has 5 aliphatic heterocycles. The third kappa shape index (κ3) is 17.0. The second kappa shape index (κ2) is 33.2. The Morgan fingerprint density at radius 1 is 0.444 bits per heavy atom. The lowest BCUT2D eigenvalue weighted by Crippen LogP contribution is -2.70. The average molecular weight is 1380 g/mol. The second-order valence-corrected chi connectivity index (χ2v) is 24.4. The lowest BCUT2D eigenvalue weighted by Gasteiger charge is -2.51. The summed E-state index contributed by atoms with van der Waals surface area (Å²) in [6.07, 6.45) is -20.3. The van der Waals surface area contributed by atoms with E-state index < -0.39 is 134 Å². The van der Waals surface area contributed by atoms with Crippen LogP contribution >= 0.6 is 11.6 Å². The molecule has 4 fully saturated rings. The summed E-state index contributed by atoms with van der Waals surface area (Å²) in [5, 5.41) is 0. The van der Waals surface area contributed by atoms with Crippen molar-refractivity contribution in [3.63, 3.8) is 0 Å². The molecule has 23 nitrogen and oxygen atoms in total. The normalized spacial score (nSPS) is 26.4. The molecule has 7 aromatic carbocycles. The van der Waals surface area contributed by atoms with E-state index in [-0.39, 0.29) is 69.7 Å². The van der Waals surface area contributed by atoms with Crippen LogP contribution in [0.4, 0.5) is 4.79 Å². The number of carbonyl (C=O) groups is 6. The summed E-state index contributed by atoms with van der Waals surface area (Å²) in [5.74, 6) is -3.76. The minimum atomic E-state index is -1.82. The van der Waals surface area contributed by atoms with Crippen molar-refractivity contribution in [2.24, 2.45) is 0 Å². The van der Waals surface area contributed by atoms with E-state index in [1.165, 1.54) is 12.0 Å². The van der Waals surface area contributed by atoms with Crippen LogP contribution in [-0.2, 0) is 109 Å². The summed E-state index contributed by atoms with van der Waals surface area (Å²) in [4.78, 5) is 88.5. The molecule has 4 saturated heterocycles. The van der Waals surface area contributed by atoms with Crippen LogP contribution in [0.2, 0.25) is 0 Å². The number of alkyl halides is 1. The molecule has 99 heavy (non-hydrogen) atoms. The van der Waals surface area contributed by atoms with Crippen LogP contribution in [0.1, 0.15) is 62.4 Å². The van der Waals surface area contributed by atoms with Crippen molar-refractivity contribution in [3.8, 4) is 11.5 Å². The van der Waals surface area contributed by atoms with E-state index in [4.69, 9.17) is 82.7 Å². The van der Waals surface area contributed by atoms with Gasteiger partial charge in [0.25, 0.3) is 11.8 Å². The molecule has 5 heterocycles. The molecule has 518 valence electrons. The van der Waals surface area contributed by atoms with Gasteiger partial charge in [0.15, 0.2) is 37.0 Å². The number of halogens is 1. The molecule has 0 aromatic heterocycles. The van der Waals surface area contributed by atoms with Crippen LogP contribution in [0.3, 0.4) is 0 Å². The number of hydrogen-bond donors (Lipinski definition) is 0. The predicted octanol–water partition coefficient (Wildman–Crippen LogP) is 9.32. The maximum absolute atomic E-state index is 15.1. The Morgan fingerprint density at radius 2 is 0.869 bits per heavy atom.